The molecule has 0 radical (unpaired) electrons. The maximum absolute atomic E-state index is 10.8. The number of phenolic OH excluding ortho intramolecular Hbond substituents is 1. The minimum Gasteiger partial charge on any atom is -0.507 e. The summed E-state index contributed by atoms with van der Waals surface area (Å²) in [4.78, 5) is 4.63. The molecule has 0 saturated heterocycles. The molecule has 1 atom stereocenters. The predicted molar refractivity (Wildman–Crippen MR) is 101 cm³/mol. The summed E-state index contributed by atoms with van der Waals surface area (Å²) in [5.41, 5.74) is 3.11. The van der Waals surface area contributed by atoms with Crippen molar-refractivity contribution in [1.29, 1.82) is 0 Å². The summed E-state index contributed by atoms with van der Waals surface area (Å²) in [5.74, 6) is 1.32. The molecule has 0 amide bonds. The Morgan fingerprint density at radius 3 is 2.00 bits per heavy atom. The Labute approximate surface area is 147 Å². The van der Waals surface area contributed by atoms with Crippen molar-refractivity contribution < 1.29 is 9.84 Å². The summed E-state index contributed by atoms with van der Waals surface area (Å²) in [5, 5.41) is 10.8. The summed E-state index contributed by atoms with van der Waals surface area (Å²) < 4.78 is 5.70. The van der Waals surface area contributed by atoms with Gasteiger partial charge in [-0.05, 0) is 40.4 Å². The maximum Gasteiger partial charge on any atom is 0.183 e. The van der Waals surface area contributed by atoms with Crippen molar-refractivity contribution in [2.75, 3.05) is 6.61 Å². The van der Waals surface area contributed by atoms with E-state index in [0.29, 0.717) is 11.8 Å². The second-order valence-electron chi connectivity index (χ2n) is 8.94. The second kappa shape index (κ2) is 6.78. The van der Waals surface area contributed by atoms with Crippen LogP contribution in [0, 0.1) is 0 Å². The summed E-state index contributed by atoms with van der Waals surface area (Å²) in [6.45, 7) is 15.8. The lowest BCUT2D eigenvalue weighted by Gasteiger charge is -2.28. The lowest BCUT2D eigenvalue weighted by atomic mass is 9.78. The molecule has 1 aliphatic heterocycles. The fourth-order valence-electron chi connectivity index (χ4n) is 3.05. The van der Waals surface area contributed by atoms with Gasteiger partial charge in [0.25, 0.3) is 0 Å². The first-order valence-corrected chi connectivity index (χ1v) is 9.08. The standard InChI is InChI=1S/C21H33NO2/c1-8-15-13-24-18(22-15)10-9-14-11-16(20(2,3)4)19(23)17(12-14)21(5,6)7/h11-12,15,23H,8-10,13H2,1-7H3. The fraction of sp³-hybridized carbons (Fsp3) is 0.667. The minimum absolute atomic E-state index is 0.0885. The summed E-state index contributed by atoms with van der Waals surface area (Å²) in [6, 6.07) is 4.63. The Hall–Kier alpha value is -1.51. The number of aryl methyl sites for hydroxylation is 1. The van der Waals surface area contributed by atoms with E-state index < -0.39 is 0 Å². The quantitative estimate of drug-likeness (QED) is 0.831. The van der Waals surface area contributed by atoms with Crippen LogP contribution in [0.5, 0.6) is 5.75 Å². The Kier molecular flexibility index (Phi) is 5.31. The van der Waals surface area contributed by atoms with E-state index in [0.717, 1.165) is 42.9 Å². The molecule has 3 heteroatoms. The minimum atomic E-state index is -0.0885. The maximum atomic E-state index is 10.8. The first-order chi connectivity index (χ1) is 11.0. The molecule has 1 aliphatic rings. The van der Waals surface area contributed by atoms with Gasteiger partial charge < -0.3 is 9.84 Å². The molecule has 2 rings (SSSR count). The highest BCUT2D eigenvalue weighted by Crippen LogP contribution is 2.40. The second-order valence-corrected chi connectivity index (χ2v) is 8.94. The van der Waals surface area contributed by atoms with Crippen LogP contribution in [0.3, 0.4) is 0 Å². The van der Waals surface area contributed by atoms with Crippen LogP contribution >= 0.6 is 0 Å². The van der Waals surface area contributed by atoms with E-state index in [-0.39, 0.29) is 10.8 Å². The van der Waals surface area contributed by atoms with E-state index in [1.165, 1.54) is 5.56 Å². The van der Waals surface area contributed by atoms with Gasteiger partial charge >= 0.3 is 0 Å². The molecular weight excluding hydrogens is 298 g/mol. The molecule has 0 bridgehead atoms. The smallest absolute Gasteiger partial charge is 0.183 e. The third kappa shape index (κ3) is 4.31. The van der Waals surface area contributed by atoms with Gasteiger partial charge in [-0.15, -0.1) is 0 Å². The van der Waals surface area contributed by atoms with Crippen LogP contribution in [-0.2, 0) is 22.0 Å². The van der Waals surface area contributed by atoms with Gasteiger partial charge in [-0.3, -0.25) is 0 Å². The Balaban J connectivity index is 2.30. The van der Waals surface area contributed by atoms with Crippen molar-refractivity contribution in [3.8, 4) is 5.75 Å². The molecule has 0 aromatic heterocycles. The van der Waals surface area contributed by atoms with Gasteiger partial charge in [-0.25, -0.2) is 4.99 Å². The number of aromatic hydroxyl groups is 1. The number of benzene rings is 1. The number of ether oxygens (including phenoxy) is 1. The van der Waals surface area contributed by atoms with Gasteiger partial charge in [0.05, 0.1) is 6.04 Å². The molecule has 1 aromatic carbocycles. The zero-order chi connectivity index (χ0) is 18.1. The molecule has 3 nitrogen and oxygen atoms in total. The van der Waals surface area contributed by atoms with E-state index in [4.69, 9.17) is 4.74 Å². The van der Waals surface area contributed by atoms with E-state index in [1.807, 2.05) is 0 Å². The Morgan fingerprint density at radius 1 is 1.04 bits per heavy atom. The van der Waals surface area contributed by atoms with E-state index in [1.54, 1.807) is 0 Å². The highest BCUT2D eigenvalue weighted by Gasteiger charge is 2.26. The monoisotopic (exact) mass is 331 g/mol. The molecule has 1 heterocycles. The van der Waals surface area contributed by atoms with Crippen molar-refractivity contribution in [3.63, 3.8) is 0 Å². The number of hydrogen-bond acceptors (Lipinski definition) is 3. The predicted octanol–water partition coefficient (Wildman–Crippen LogP) is 5.13. The van der Waals surface area contributed by atoms with Crippen LogP contribution in [0.1, 0.15) is 78.0 Å². The van der Waals surface area contributed by atoms with Crippen molar-refractivity contribution in [1.82, 2.24) is 0 Å². The molecule has 1 aromatic rings. The molecule has 24 heavy (non-hydrogen) atoms. The largest absolute Gasteiger partial charge is 0.507 e. The molecular formula is C21H33NO2. The molecule has 134 valence electrons. The van der Waals surface area contributed by atoms with Gasteiger partial charge in [0.15, 0.2) is 5.90 Å². The van der Waals surface area contributed by atoms with Crippen molar-refractivity contribution in [3.05, 3.63) is 28.8 Å². The van der Waals surface area contributed by atoms with Crippen molar-refractivity contribution in [2.24, 2.45) is 4.99 Å². The number of rotatable bonds is 4. The van der Waals surface area contributed by atoms with Crippen LogP contribution in [0.2, 0.25) is 0 Å². The van der Waals surface area contributed by atoms with E-state index in [9.17, 15) is 5.11 Å². The first-order valence-electron chi connectivity index (χ1n) is 9.08. The van der Waals surface area contributed by atoms with Gasteiger partial charge in [0.2, 0.25) is 0 Å². The van der Waals surface area contributed by atoms with E-state index in [2.05, 4.69) is 65.6 Å². The molecule has 1 unspecified atom stereocenters. The zero-order valence-corrected chi connectivity index (χ0v) is 16.4. The lowest BCUT2D eigenvalue weighted by molar-refractivity contribution is 0.307. The van der Waals surface area contributed by atoms with Crippen molar-refractivity contribution >= 4 is 5.90 Å². The number of phenols is 1. The van der Waals surface area contributed by atoms with Gasteiger partial charge in [-0.2, -0.15) is 0 Å². The Bertz CT molecular complexity index is 583. The van der Waals surface area contributed by atoms with Crippen LogP contribution in [0.25, 0.3) is 0 Å². The molecule has 1 N–H and O–H groups in total. The Morgan fingerprint density at radius 2 is 1.58 bits per heavy atom. The van der Waals surface area contributed by atoms with Gasteiger partial charge in [-0.1, -0.05) is 60.6 Å². The molecule has 0 aliphatic carbocycles. The third-order valence-electron chi connectivity index (χ3n) is 4.65. The normalized spacial score (nSPS) is 18.5. The SMILES string of the molecule is CCC1COC(CCc2cc(C(C)(C)C)c(O)c(C(C)(C)C)c2)=N1. The lowest BCUT2D eigenvalue weighted by Crippen LogP contribution is -2.18. The fourth-order valence-corrected chi connectivity index (χ4v) is 3.05. The van der Waals surface area contributed by atoms with Crippen LogP contribution < -0.4 is 0 Å². The number of nitrogens with zero attached hydrogens (tertiary/aromatic N) is 1. The average molecular weight is 332 g/mol. The zero-order valence-electron chi connectivity index (χ0n) is 16.4. The summed E-state index contributed by atoms with van der Waals surface area (Å²) in [7, 11) is 0. The van der Waals surface area contributed by atoms with E-state index >= 15 is 0 Å². The molecule has 0 spiro atoms. The molecule has 0 fully saturated rings. The van der Waals surface area contributed by atoms with Crippen LogP contribution in [-0.4, -0.2) is 23.7 Å². The van der Waals surface area contributed by atoms with Crippen molar-refractivity contribution in [2.45, 2.75) is 84.6 Å². The number of hydrogen-bond donors (Lipinski definition) is 1. The topological polar surface area (TPSA) is 41.8 Å². The van der Waals surface area contributed by atoms with Crippen LogP contribution in [0.4, 0.5) is 0 Å². The summed E-state index contributed by atoms with van der Waals surface area (Å²) >= 11 is 0. The highest BCUT2D eigenvalue weighted by molar-refractivity contribution is 5.78. The van der Waals surface area contributed by atoms with Crippen LogP contribution in [0.15, 0.2) is 17.1 Å². The highest BCUT2D eigenvalue weighted by atomic mass is 16.5. The third-order valence-corrected chi connectivity index (χ3v) is 4.65. The molecule has 0 saturated carbocycles. The number of aliphatic imine (C=N–C) groups is 1. The summed E-state index contributed by atoms with van der Waals surface area (Å²) in [6.07, 6.45) is 2.75. The van der Waals surface area contributed by atoms with Gasteiger partial charge in [0, 0.05) is 6.42 Å². The average Bonchev–Trinajstić information content (AvgIpc) is 2.91. The van der Waals surface area contributed by atoms with Gasteiger partial charge in [0.1, 0.15) is 12.4 Å². The first kappa shape index (κ1) is 18.8.